The Morgan fingerprint density at radius 2 is 2.27 bits per heavy atom. The van der Waals surface area contributed by atoms with Crippen molar-refractivity contribution < 1.29 is 0 Å². The number of likely N-dealkylation sites (N-methyl/N-ethyl adjacent to an activating group) is 1. The van der Waals surface area contributed by atoms with Gasteiger partial charge in [0.15, 0.2) is 5.96 Å². The summed E-state index contributed by atoms with van der Waals surface area (Å²) >= 11 is 6.04. The average Bonchev–Trinajstić information content (AvgIpc) is 2.35. The molecule has 1 unspecified atom stereocenters. The normalized spacial score (nSPS) is 25.1. The van der Waals surface area contributed by atoms with Crippen LogP contribution in [0.15, 0.2) is 41.2 Å². The summed E-state index contributed by atoms with van der Waals surface area (Å²) in [5, 5.41) is 7.03. The van der Waals surface area contributed by atoms with Crippen molar-refractivity contribution in [2.24, 2.45) is 16.5 Å². The van der Waals surface area contributed by atoms with Gasteiger partial charge in [0.25, 0.3) is 0 Å². The number of guanidine groups is 1. The lowest BCUT2D eigenvalue weighted by Crippen LogP contribution is -2.60. The summed E-state index contributed by atoms with van der Waals surface area (Å²) in [7, 11) is 1.97. The molecule has 7 heteroatoms. The number of nitrogens with zero attached hydrogens (tertiary/aromatic N) is 2. The zero-order chi connectivity index (χ0) is 15.7. The van der Waals surface area contributed by atoms with E-state index >= 15 is 0 Å². The summed E-state index contributed by atoms with van der Waals surface area (Å²) in [5.74, 6) is 1.26. The van der Waals surface area contributed by atoms with Crippen LogP contribution in [0.4, 0.5) is 0 Å². The lowest BCUT2D eigenvalue weighted by molar-refractivity contribution is 0.167. The number of nitrogens with two attached hydrogens (primary N) is 2. The molecule has 0 saturated carbocycles. The first-order valence-corrected chi connectivity index (χ1v) is 7.66. The van der Waals surface area contributed by atoms with Crippen molar-refractivity contribution in [2.45, 2.75) is 18.1 Å². The van der Waals surface area contributed by atoms with Gasteiger partial charge in [0.1, 0.15) is 11.5 Å². The lowest BCUT2D eigenvalue weighted by atomic mass is 9.98. The molecule has 1 aromatic carbocycles. The Balaban J connectivity index is 1.78. The lowest BCUT2D eigenvalue weighted by Gasteiger charge is -2.44. The molecule has 1 fully saturated rings. The average molecular weight is 321 g/mol. The van der Waals surface area contributed by atoms with Crippen molar-refractivity contribution in [1.82, 2.24) is 15.5 Å². The highest BCUT2D eigenvalue weighted by molar-refractivity contribution is 6.30. The molecule has 0 amide bonds. The van der Waals surface area contributed by atoms with E-state index in [1.54, 1.807) is 0 Å². The van der Waals surface area contributed by atoms with Crippen LogP contribution >= 0.6 is 11.6 Å². The highest BCUT2D eigenvalue weighted by atomic mass is 35.5. The third-order valence-corrected chi connectivity index (χ3v) is 4.21. The molecule has 1 aromatic rings. The fourth-order valence-corrected chi connectivity index (χ4v) is 2.99. The van der Waals surface area contributed by atoms with Crippen molar-refractivity contribution in [2.75, 3.05) is 20.1 Å². The van der Waals surface area contributed by atoms with Crippen LogP contribution in [0.3, 0.4) is 0 Å². The SMILES string of the molecule is CNC1CN(C2=CC(N)(Cc3cccc(Cl)c3)N=C(N)N2)C1. The first kappa shape index (κ1) is 15.1. The van der Waals surface area contributed by atoms with Crippen LogP contribution < -0.4 is 22.1 Å². The Hall–Kier alpha value is -1.76. The second-order valence-corrected chi connectivity index (χ2v) is 6.28. The maximum atomic E-state index is 6.44. The third-order valence-electron chi connectivity index (χ3n) is 3.98. The largest absolute Gasteiger partial charge is 0.370 e. The zero-order valence-corrected chi connectivity index (χ0v) is 13.3. The first-order valence-electron chi connectivity index (χ1n) is 7.28. The Morgan fingerprint density at radius 3 is 2.95 bits per heavy atom. The Kier molecular flexibility index (Phi) is 3.99. The highest BCUT2D eigenvalue weighted by Gasteiger charge is 2.33. The van der Waals surface area contributed by atoms with Crippen molar-refractivity contribution in [1.29, 1.82) is 0 Å². The van der Waals surface area contributed by atoms with Gasteiger partial charge in [-0.2, -0.15) is 0 Å². The monoisotopic (exact) mass is 320 g/mol. The van der Waals surface area contributed by atoms with Crippen LogP contribution in [0.25, 0.3) is 0 Å². The molecule has 1 saturated heterocycles. The second-order valence-electron chi connectivity index (χ2n) is 5.84. The molecule has 118 valence electrons. The minimum absolute atomic E-state index is 0.343. The van der Waals surface area contributed by atoms with E-state index in [-0.39, 0.29) is 0 Å². The van der Waals surface area contributed by atoms with Crippen LogP contribution in [-0.4, -0.2) is 42.7 Å². The molecule has 0 aliphatic carbocycles. The fourth-order valence-electron chi connectivity index (χ4n) is 2.78. The molecular weight excluding hydrogens is 300 g/mol. The molecule has 2 aliphatic rings. The van der Waals surface area contributed by atoms with Gasteiger partial charge in [-0.25, -0.2) is 4.99 Å². The summed E-state index contributed by atoms with van der Waals surface area (Å²) in [6.07, 6.45) is 2.49. The summed E-state index contributed by atoms with van der Waals surface area (Å²) in [6.45, 7) is 1.85. The molecule has 3 rings (SSSR count). The number of nitrogens with one attached hydrogen (secondary N) is 2. The zero-order valence-electron chi connectivity index (χ0n) is 12.5. The van der Waals surface area contributed by atoms with Gasteiger partial charge in [-0.05, 0) is 30.8 Å². The smallest absolute Gasteiger partial charge is 0.196 e. The maximum absolute atomic E-state index is 6.44. The van der Waals surface area contributed by atoms with Gasteiger partial charge in [0, 0.05) is 30.6 Å². The third kappa shape index (κ3) is 3.19. The number of likely N-dealkylation sites (tertiary alicyclic amines) is 1. The number of aliphatic imine (C=N–C) groups is 1. The van der Waals surface area contributed by atoms with Crippen LogP contribution in [-0.2, 0) is 6.42 Å². The number of hydrogen-bond acceptors (Lipinski definition) is 6. The second kappa shape index (κ2) is 5.79. The number of hydrogen-bond donors (Lipinski definition) is 4. The van der Waals surface area contributed by atoms with E-state index in [0.29, 0.717) is 23.4 Å². The summed E-state index contributed by atoms with van der Waals surface area (Å²) in [6, 6.07) is 8.14. The van der Waals surface area contributed by atoms with Gasteiger partial charge in [-0.15, -0.1) is 0 Å². The van der Waals surface area contributed by atoms with E-state index in [4.69, 9.17) is 23.1 Å². The van der Waals surface area contributed by atoms with Crippen LogP contribution in [0.1, 0.15) is 5.56 Å². The van der Waals surface area contributed by atoms with Crippen molar-refractivity contribution in [3.8, 4) is 0 Å². The molecule has 2 aliphatic heterocycles. The first-order chi connectivity index (χ1) is 10.5. The molecule has 0 aromatic heterocycles. The van der Waals surface area contributed by atoms with Gasteiger partial charge in [-0.3, -0.25) is 0 Å². The molecule has 2 heterocycles. The summed E-state index contributed by atoms with van der Waals surface area (Å²) in [5.41, 5.74) is 12.5. The molecule has 6 nitrogen and oxygen atoms in total. The molecule has 0 radical (unpaired) electrons. The van der Waals surface area contributed by atoms with Gasteiger partial charge in [0.2, 0.25) is 0 Å². The minimum atomic E-state index is -0.861. The number of benzene rings is 1. The molecule has 22 heavy (non-hydrogen) atoms. The predicted molar refractivity (Wildman–Crippen MR) is 89.3 cm³/mol. The Labute approximate surface area is 135 Å². The van der Waals surface area contributed by atoms with E-state index in [9.17, 15) is 0 Å². The molecule has 0 spiro atoms. The Bertz CT molecular complexity index is 622. The van der Waals surface area contributed by atoms with Gasteiger partial charge in [-0.1, -0.05) is 23.7 Å². The van der Waals surface area contributed by atoms with Gasteiger partial charge >= 0.3 is 0 Å². The van der Waals surface area contributed by atoms with Crippen LogP contribution in [0, 0.1) is 0 Å². The molecular formula is C15H21ClN6. The molecule has 1 atom stereocenters. The van der Waals surface area contributed by atoms with Crippen molar-refractivity contribution in [3.63, 3.8) is 0 Å². The van der Waals surface area contributed by atoms with Crippen LogP contribution in [0.5, 0.6) is 0 Å². The van der Waals surface area contributed by atoms with Gasteiger partial charge in [0.05, 0.1) is 0 Å². The quantitative estimate of drug-likeness (QED) is 0.636. The van der Waals surface area contributed by atoms with E-state index in [1.165, 1.54) is 0 Å². The molecule has 6 N–H and O–H groups in total. The van der Waals surface area contributed by atoms with E-state index < -0.39 is 5.66 Å². The number of halogens is 1. The standard InChI is InChI=1S/C15H21ClN6/c1-19-12-8-22(9-12)13-7-15(18,21-14(17)20-13)6-10-3-2-4-11(16)5-10/h2-5,7,12,19H,6,8-9,18H2,1H3,(H3,17,20,21). The topological polar surface area (TPSA) is 91.7 Å². The molecule has 0 bridgehead atoms. The van der Waals surface area contributed by atoms with E-state index in [1.807, 2.05) is 37.4 Å². The fraction of sp³-hybridized carbons (Fsp3) is 0.400. The van der Waals surface area contributed by atoms with Gasteiger partial charge < -0.3 is 27.0 Å². The highest BCUT2D eigenvalue weighted by Crippen LogP contribution is 2.23. The summed E-state index contributed by atoms with van der Waals surface area (Å²) in [4.78, 5) is 6.57. The van der Waals surface area contributed by atoms with E-state index in [0.717, 1.165) is 24.5 Å². The minimum Gasteiger partial charge on any atom is -0.370 e. The summed E-state index contributed by atoms with van der Waals surface area (Å²) < 4.78 is 0. The van der Waals surface area contributed by atoms with Crippen molar-refractivity contribution in [3.05, 3.63) is 46.7 Å². The van der Waals surface area contributed by atoms with Crippen molar-refractivity contribution >= 4 is 17.6 Å². The van der Waals surface area contributed by atoms with E-state index in [2.05, 4.69) is 20.5 Å². The predicted octanol–water partition coefficient (Wildman–Crippen LogP) is 0.200. The number of rotatable bonds is 4. The Morgan fingerprint density at radius 1 is 1.50 bits per heavy atom. The maximum Gasteiger partial charge on any atom is 0.196 e. The van der Waals surface area contributed by atoms with Crippen LogP contribution in [0.2, 0.25) is 5.02 Å².